The van der Waals surface area contributed by atoms with Crippen molar-refractivity contribution in [2.45, 2.75) is 45.6 Å². The fraction of sp³-hybridized carbons (Fsp3) is 0.562. The SMILES string of the molecule is CC1CC(C)(C)CC(C#N)(Nc2ccccc2F)C1. The van der Waals surface area contributed by atoms with Gasteiger partial charge < -0.3 is 5.32 Å². The molecule has 3 heteroatoms. The first-order valence-electron chi connectivity index (χ1n) is 6.80. The van der Waals surface area contributed by atoms with Gasteiger partial charge in [-0.1, -0.05) is 32.9 Å². The van der Waals surface area contributed by atoms with E-state index in [0.717, 1.165) is 19.3 Å². The number of hydrogen-bond donors (Lipinski definition) is 1. The number of halogens is 1. The lowest BCUT2D eigenvalue weighted by Crippen LogP contribution is -2.47. The Morgan fingerprint density at radius 1 is 1.32 bits per heavy atom. The second-order valence-corrected chi connectivity index (χ2v) is 6.65. The van der Waals surface area contributed by atoms with Crippen LogP contribution in [0.1, 0.15) is 40.0 Å². The Labute approximate surface area is 114 Å². The minimum Gasteiger partial charge on any atom is -0.365 e. The minimum atomic E-state index is -0.663. The average Bonchev–Trinajstić information content (AvgIpc) is 2.29. The van der Waals surface area contributed by atoms with Gasteiger partial charge in [0.1, 0.15) is 11.4 Å². The molecule has 1 aliphatic rings. The first-order valence-corrected chi connectivity index (χ1v) is 6.80. The Kier molecular flexibility index (Phi) is 3.54. The third kappa shape index (κ3) is 3.07. The van der Waals surface area contributed by atoms with Crippen LogP contribution in [0.15, 0.2) is 24.3 Å². The zero-order chi connectivity index (χ0) is 14.1. The Morgan fingerprint density at radius 2 is 2.00 bits per heavy atom. The number of anilines is 1. The molecule has 1 fully saturated rings. The highest BCUT2D eigenvalue weighted by Crippen LogP contribution is 2.45. The Morgan fingerprint density at radius 3 is 2.58 bits per heavy atom. The summed E-state index contributed by atoms with van der Waals surface area (Å²) < 4.78 is 13.8. The lowest BCUT2D eigenvalue weighted by atomic mass is 9.64. The van der Waals surface area contributed by atoms with Gasteiger partial charge in [-0.3, -0.25) is 0 Å². The molecule has 102 valence electrons. The topological polar surface area (TPSA) is 35.8 Å². The third-order valence-electron chi connectivity index (χ3n) is 3.84. The number of para-hydroxylation sites is 1. The smallest absolute Gasteiger partial charge is 0.146 e. The standard InChI is InChI=1S/C16H21FN2/c1-12-8-15(2,3)10-16(9-12,11-18)19-14-7-5-4-6-13(14)17/h4-7,12,19H,8-10H2,1-3H3. The highest BCUT2D eigenvalue weighted by molar-refractivity contribution is 5.49. The van der Waals surface area contributed by atoms with Crippen LogP contribution in [0.3, 0.4) is 0 Å². The molecule has 0 heterocycles. The van der Waals surface area contributed by atoms with Crippen molar-refractivity contribution in [1.82, 2.24) is 0 Å². The zero-order valence-corrected chi connectivity index (χ0v) is 11.8. The molecule has 0 spiro atoms. The van der Waals surface area contributed by atoms with Gasteiger partial charge in [0.25, 0.3) is 0 Å². The van der Waals surface area contributed by atoms with Crippen molar-refractivity contribution in [1.29, 1.82) is 5.26 Å². The van der Waals surface area contributed by atoms with Gasteiger partial charge in [0.2, 0.25) is 0 Å². The van der Waals surface area contributed by atoms with Crippen molar-refractivity contribution in [3.05, 3.63) is 30.1 Å². The van der Waals surface area contributed by atoms with Gasteiger partial charge in [-0.2, -0.15) is 5.26 Å². The van der Waals surface area contributed by atoms with Gasteiger partial charge in [-0.05, 0) is 42.7 Å². The Hall–Kier alpha value is -1.56. The Bertz CT molecular complexity index is 504. The molecule has 0 aromatic heterocycles. The van der Waals surface area contributed by atoms with Crippen molar-refractivity contribution in [2.24, 2.45) is 11.3 Å². The number of benzene rings is 1. The molecule has 0 saturated heterocycles. The summed E-state index contributed by atoms with van der Waals surface area (Å²) in [7, 11) is 0. The van der Waals surface area contributed by atoms with Gasteiger partial charge in [-0.15, -0.1) is 0 Å². The van der Waals surface area contributed by atoms with E-state index in [-0.39, 0.29) is 11.2 Å². The van der Waals surface area contributed by atoms with E-state index in [1.165, 1.54) is 6.07 Å². The van der Waals surface area contributed by atoms with Crippen LogP contribution >= 0.6 is 0 Å². The molecule has 1 aromatic carbocycles. The maximum absolute atomic E-state index is 13.8. The fourth-order valence-electron chi connectivity index (χ4n) is 3.60. The predicted molar refractivity (Wildman–Crippen MR) is 75.2 cm³/mol. The minimum absolute atomic E-state index is 0.103. The molecule has 0 amide bonds. The molecule has 1 N–H and O–H groups in total. The van der Waals surface area contributed by atoms with Crippen LogP contribution < -0.4 is 5.32 Å². The molecule has 2 atom stereocenters. The van der Waals surface area contributed by atoms with Crippen LogP contribution in [0.25, 0.3) is 0 Å². The van der Waals surface area contributed by atoms with E-state index >= 15 is 0 Å². The lowest BCUT2D eigenvalue weighted by molar-refractivity contribution is 0.148. The average molecular weight is 260 g/mol. The van der Waals surface area contributed by atoms with E-state index in [4.69, 9.17) is 0 Å². The molecule has 2 unspecified atom stereocenters. The molecular formula is C16H21FN2. The molecule has 1 aromatic rings. The van der Waals surface area contributed by atoms with Crippen molar-refractivity contribution in [3.8, 4) is 6.07 Å². The van der Waals surface area contributed by atoms with E-state index in [1.807, 2.05) is 0 Å². The van der Waals surface area contributed by atoms with E-state index in [0.29, 0.717) is 11.6 Å². The number of nitrogens with one attached hydrogen (secondary N) is 1. The quantitative estimate of drug-likeness (QED) is 0.858. The van der Waals surface area contributed by atoms with Crippen molar-refractivity contribution in [3.63, 3.8) is 0 Å². The summed E-state index contributed by atoms with van der Waals surface area (Å²) in [4.78, 5) is 0. The summed E-state index contributed by atoms with van der Waals surface area (Å²) in [5, 5.41) is 12.8. The Balaban J connectivity index is 2.29. The first kappa shape index (κ1) is 13.9. The zero-order valence-electron chi connectivity index (χ0n) is 11.8. The summed E-state index contributed by atoms with van der Waals surface area (Å²) >= 11 is 0. The van der Waals surface area contributed by atoms with E-state index in [1.54, 1.807) is 18.2 Å². The van der Waals surface area contributed by atoms with Gasteiger partial charge >= 0.3 is 0 Å². The molecule has 2 nitrogen and oxygen atoms in total. The summed E-state index contributed by atoms with van der Waals surface area (Å²) in [6.45, 7) is 6.52. The van der Waals surface area contributed by atoms with Gasteiger partial charge in [0, 0.05) is 0 Å². The number of hydrogen-bond acceptors (Lipinski definition) is 2. The van der Waals surface area contributed by atoms with Crippen LogP contribution in [0.5, 0.6) is 0 Å². The van der Waals surface area contributed by atoms with Crippen molar-refractivity contribution in [2.75, 3.05) is 5.32 Å². The number of rotatable bonds is 2. The molecule has 0 aliphatic heterocycles. The van der Waals surface area contributed by atoms with Crippen LogP contribution in [0.2, 0.25) is 0 Å². The van der Waals surface area contributed by atoms with E-state index in [9.17, 15) is 9.65 Å². The molecule has 0 bridgehead atoms. The third-order valence-corrected chi connectivity index (χ3v) is 3.84. The molecular weight excluding hydrogens is 239 g/mol. The summed E-state index contributed by atoms with van der Waals surface area (Å²) in [6.07, 6.45) is 2.62. The lowest BCUT2D eigenvalue weighted by Gasteiger charge is -2.44. The molecule has 19 heavy (non-hydrogen) atoms. The van der Waals surface area contributed by atoms with Crippen molar-refractivity contribution < 1.29 is 4.39 Å². The van der Waals surface area contributed by atoms with Gasteiger partial charge in [-0.25, -0.2) is 4.39 Å². The van der Waals surface area contributed by atoms with E-state index < -0.39 is 5.54 Å². The van der Waals surface area contributed by atoms with Crippen LogP contribution in [0, 0.1) is 28.5 Å². The molecule has 1 aliphatic carbocycles. The number of nitrogens with zero attached hydrogens (tertiary/aromatic N) is 1. The van der Waals surface area contributed by atoms with Crippen molar-refractivity contribution >= 4 is 5.69 Å². The van der Waals surface area contributed by atoms with Gasteiger partial charge in [0.15, 0.2) is 0 Å². The maximum Gasteiger partial charge on any atom is 0.146 e. The first-order chi connectivity index (χ1) is 8.86. The second-order valence-electron chi connectivity index (χ2n) is 6.65. The second kappa shape index (κ2) is 4.85. The normalized spacial score (nSPS) is 29.5. The van der Waals surface area contributed by atoms with Gasteiger partial charge in [0.05, 0.1) is 11.8 Å². The van der Waals surface area contributed by atoms with Crippen LogP contribution in [-0.2, 0) is 0 Å². The maximum atomic E-state index is 13.8. The van der Waals surface area contributed by atoms with E-state index in [2.05, 4.69) is 32.2 Å². The summed E-state index contributed by atoms with van der Waals surface area (Å²) in [5.74, 6) is 0.163. The van der Waals surface area contributed by atoms with Crippen LogP contribution in [0.4, 0.5) is 10.1 Å². The monoisotopic (exact) mass is 260 g/mol. The molecule has 0 radical (unpaired) electrons. The predicted octanol–water partition coefficient (Wildman–Crippen LogP) is 4.35. The summed E-state index contributed by atoms with van der Waals surface area (Å²) in [6, 6.07) is 8.96. The van der Waals surface area contributed by atoms with Crippen LogP contribution in [-0.4, -0.2) is 5.54 Å². The molecule has 1 saturated carbocycles. The highest BCUT2D eigenvalue weighted by atomic mass is 19.1. The molecule has 2 rings (SSSR count). The summed E-state index contributed by atoms with van der Waals surface area (Å²) in [5.41, 5.74) is -0.136. The highest BCUT2D eigenvalue weighted by Gasteiger charge is 2.43. The number of nitriles is 1. The largest absolute Gasteiger partial charge is 0.365 e. The fourth-order valence-corrected chi connectivity index (χ4v) is 3.60.